The van der Waals surface area contributed by atoms with Crippen molar-refractivity contribution < 1.29 is 14.3 Å². The standard InChI is InChI=1S/C9H16O3/c1-5-7(10)8(11)12-6-9(2,3)4/h5-6H2,1-4H3. The van der Waals surface area contributed by atoms with Gasteiger partial charge in [-0.25, -0.2) is 4.79 Å². The van der Waals surface area contributed by atoms with E-state index in [4.69, 9.17) is 4.74 Å². The van der Waals surface area contributed by atoms with Crippen LogP contribution >= 0.6 is 0 Å². The van der Waals surface area contributed by atoms with Crippen molar-refractivity contribution in [3.63, 3.8) is 0 Å². The van der Waals surface area contributed by atoms with Crippen LogP contribution < -0.4 is 0 Å². The fourth-order valence-electron chi connectivity index (χ4n) is 0.507. The second-order valence-corrected chi connectivity index (χ2v) is 3.91. The topological polar surface area (TPSA) is 43.4 Å². The Kier molecular flexibility index (Phi) is 3.93. The van der Waals surface area contributed by atoms with E-state index in [0.29, 0.717) is 0 Å². The predicted octanol–water partition coefficient (Wildman–Crippen LogP) is 1.55. The van der Waals surface area contributed by atoms with Crippen LogP contribution in [0.25, 0.3) is 0 Å². The first-order chi connectivity index (χ1) is 5.37. The van der Waals surface area contributed by atoms with E-state index in [9.17, 15) is 9.59 Å². The van der Waals surface area contributed by atoms with E-state index in [1.54, 1.807) is 6.92 Å². The zero-order valence-corrected chi connectivity index (χ0v) is 8.14. The molecule has 0 saturated heterocycles. The Morgan fingerprint density at radius 2 is 1.75 bits per heavy atom. The smallest absolute Gasteiger partial charge is 0.374 e. The van der Waals surface area contributed by atoms with Crippen molar-refractivity contribution >= 4 is 11.8 Å². The molecular formula is C9H16O3. The third kappa shape index (κ3) is 4.88. The van der Waals surface area contributed by atoms with Crippen molar-refractivity contribution in [3.05, 3.63) is 0 Å². The molecule has 0 aromatic carbocycles. The molecule has 0 spiro atoms. The average molecular weight is 172 g/mol. The van der Waals surface area contributed by atoms with Crippen LogP contribution in [0.4, 0.5) is 0 Å². The van der Waals surface area contributed by atoms with Gasteiger partial charge < -0.3 is 4.74 Å². The molecule has 0 N–H and O–H groups in total. The van der Waals surface area contributed by atoms with Crippen LogP contribution in [0.15, 0.2) is 0 Å². The van der Waals surface area contributed by atoms with E-state index in [1.807, 2.05) is 20.8 Å². The number of ether oxygens (including phenoxy) is 1. The summed E-state index contributed by atoms with van der Waals surface area (Å²) in [6.07, 6.45) is 0.211. The fraction of sp³-hybridized carbons (Fsp3) is 0.778. The zero-order chi connectivity index (χ0) is 9.78. The predicted molar refractivity (Wildman–Crippen MR) is 45.7 cm³/mol. The molecule has 0 amide bonds. The Balaban J connectivity index is 3.80. The first-order valence-electron chi connectivity index (χ1n) is 4.07. The molecule has 0 bridgehead atoms. The molecule has 0 aromatic heterocycles. The van der Waals surface area contributed by atoms with E-state index in [0.717, 1.165) is 0 Å². The van der Waals surface area contributed by atoms with E-state index in [1.165, 1.54) is 0 Å². The van der Waals surface area contributed by atoms with E-state index in [2.05, 4.69) is 0 Å². The second-order valence-electron chi connectivity index (χ2n) is 3.91. The van der Waals surface area contributed by atoms with Gasteiger partial charge in [0, 0.05) is 6.42 Å². The van der Waals surface area contributed by atoms with E-state index < -0.39 is 11.8 Å². The molecule has 0 fully saturated rings. The zero-order valence-electron chi connectivity index (χ0n) is 8.14. The Hall–Kier alpha value is -0.860. The van der Waals surface area contributed by atoms with E-state index >= 15 is 0 Å². The summed E-state index contributed by atoms with van der Waals surface area (Å²) in [7, 11) is 0. The van der Waals surface area contributed by atoms with Crippen LogP contribution in [0.2, 0.25) is 0 Å². The highest BCUT2D eigenvalue weighted by Gasteiger charge is 2.17. The lowest BCUT2D eigenvalue weighted by molar-refractivity contribution is -0.155. The summed E-state index contributed by atoms with van der Waals surface area (Å²) >= 11 is 0. The summed E-state index contributed by atoms with van der Waals surface area (Å²) in [6.45, 7) is 7.75. The third-order valence-electron chi connectivity index (χ3n) is 1.19. The van der Waals surface area contributed by atoms with Crippen molar-refractivity contribution in [2.75, 3.05) is 6.61 Å². The molecule has 0 radical (unpaired) electrons. The molecule has 0 unspecified atom stereocenters. The van der Waals surface area contributed by atoms with Crippen molar-refractivity contribution in [3.8, 4) is 0 Å². The van der Waals surface area contributed by atoms with Gasteiger partial charge in [-0.15, -0.1) is 0 Å². The minimum absolute atomic E-state index is 0.0797. The molecule has 3 heteroatoms. The van der Waals surface area contributed by atoms with Gasteiger partial charge in [-0.2, -0.15) is 0 Å². The van der Waals surface area contributed by atoms with Gasteiger partial charge in [0.05, 0.1) is 6.61 Å². The van der Waals surface area contributed by atoms with Crippen LogP contribution in [0.3, 0.4) is 0 Å². The van der Waals surface area contributed by atoms with Crippen LogP contribution in [0.1, 0.15) is 34.1 Å². The van der Waals surface area contributed by atoms with Crippen molar-refractivity contribution in [2.45, 2.75) is 34.1 Å². The Morgan fingerprint density at radius 3 is 2.08 bits per heavy atom. The van der Waals surface area contributed by atoms with Gasteiger partial charge in [0.2, 0.25) is 5.78 Å². The average Bonchev–Trinajstić information content (AvgIpc) is 1.97. The second kappa shape index (κ2) is 4.24. The first-order valence-corrected chi connectivity index (χ1v) is 4.07. The summed E-state index contributed by atoms with van der Waals surface area (Å²) in [5.74, 6) is -1.17. The van der Waals surface area contributed by atoms with Gasteiger partial charge in [-0.05, 0) is 5.41 Å². The molecule has 0 rings (SSSR count). The molecule has 0 saturated carbocycles. The summed E-state index contributed by atoms with van der Waals surface area (Å²) < 4.78 is 4.77. The molecule has 3 nitrogen and oxygen atoms in total. The lowest BCUT2D eigenvalue weighted by Crippen LogP contribution is -2.23. The molecule has 0 aromatic rings. The Labute approximate surface area is 73.1 Å². The number of ketones is 1. The van der Waals surface area contributed by atoms with Crippen LogP contribution in [-0.2, 0) is 14.3 Å². The quantitative estimate of drug-likeness (QED) is 0.479. The number of carbonyl (C=O) groups excluding carboxylic acids is 2. The molecule has 70 valence electrons. The monoisotopic (exact) mass is 172 g/mol. The molecule has 0 aliphatic carbocycles. The lowest BCUT2D eigenvalue weighted by Gasteiger charge is -2.17. The van der Waals surface area contributed by atoms with Crippen molar-refractivity contribution in [2.24, 2.45) is 5.41 Å². The third-order valence-corrected chi connectivity index (χ3v) is 1.19. The van der Waals surface area contributed by atoms with Gasteiger partial charge >= 0.3 is 5.97 Å². The number of hydrogen-bond donors (Lipinski definition) is 0. The number of carbonyl (C=O) groups is 2. The molecule has 0 aliphatic heterocycles. The maximum Gasteiger partial charge on any atom is 0.374 e. The van der Waals surface area contributed by atoms with Gasteiger partial charge in [0.15, 0.2) is 0 Å². The molecular weight excluding hydrogens is 156 g/mol. The number of esters is 1. The minimum atomic E-state index is -0.715. The minimum Gasteiger partial charge on any atom is -0.459 e. The number of Topliss-reactive ketones (excluding diaryl/α,β-unsaturated/α-hetero) is 1. The van der Waals surface area contributed by atoms with Gasteiger partial charge in [0.1, 0.15) is 0 Å². The van der Waals surface area contributed by atoms with Gasteiger partial charge in [-0.1, -0.05) is 27.7 Å². The maximum absolute atomic E-state index is 10.8. The first kappa shape index (κ1) is 11.1. The van der Waals surface area contributed by atoms with Crippen molar-refractivity contribution in [1.29, 1.82) is 0 Å². The van der Waals surface area contributed by atoms with Crippen molar-refractivity contribution in [1.82, 2.24) is 0 Å². The van der Waals surface area contributed by atoms with Crippen LogP contribution in [0, 0.1) is 5.41 Å². The SMILES string of the molecule is CCC(=O)C(=O)OCC(C)(C)C. The highest BCUT2D eigenvalue weighted by Crippen LogP contribution is 2.12. The summed E-state index contributed by atoms with van der Waals surface area (Å²) in [6, 6.07) is 0. The van der Waals surface area contributed by atoms with Gasteiger partial charge in [0.25, 0.3) is 0 Å². The fourth-order valence-corrected chi connectivity index (χ4v) is 0.507. The van der Waals surface area contributed by atoms with Crippen LogP contribution in [0.5, 0.6) is 0 Å². The van der Waals surface area contributed by atoms with Crippen LogP contribution in [-0.4, -0.2) is 18.4 Å². The summed E-state index contributed by atoms with van der Waals surface area (Å²) in [4.78, 5) is 21.6. The number of rotatable bonds is 3. The highest BCUT2D eigenvalue weighted by molar-refractivity contribution is 6.33. The highest BCUT2D eigenvalue weighted by atomic mass is 16.5. The molecule has 12 heavy (non-hydrogen) atoms. The molecule has 0 atom stereocenters. The normalized spacial score (nSPS) is 11.0. The Morgan fingerprint density at radius 1 is 1.25 bits per heavy atom. The lowest BCUT2D eigenvalue weighted by atomic mass is 9.99. The largest absolute Gasteiger partial charge is 0.459 e. The summed E-state index contributed by atoms with van der Waals surface area (Å²) in [5.41, 5.74) is -0.0797. The maximum atomic E-state index is 10.8. The van der Waals surface area contributed by atoms with Gasteiger partial charge in [-0.3, -0.25) is 4.79 Å². The summed E-state index contributed by atoms with van der Waals surface area (Å²) in [5, 5.41) is 0. The Bertz CT molecular complexity index is 177. The molecule has 0 aliphatic rings. The number of hydrogen-bond acceptors (Lipinski definition) is 3. The van der Waals surface area contributed by atoms with E-state index in [-0.39, 0.29) is 18.4 Å². The molecule has 0 heterocycles.